The lowest BCUT2D eigenvalue weighted by Gasteiger charge is -2.14. The first-order chi connectivity index (χ1) is 11.7. The van der Waals surface area contributed by atoms with Crippen molar-refractivity contribution in [2.45, 2.75) is 13.0 Å². The van der Waals surface area contributed by atoms with Crippen molar-refractivity contribution in [3.8, 4) is 0 Å². The number of fused-ring (bicyclic) bond motifs is 1. The van der Waals surface area contributed by atoms with E-state index in [4.69, 9.17) is 0 Å². The maximum atomic E-state index is 13.2. The largest absolute Gasteiger partial charge is 0.396 e. The second-order valence-electron chi connectivity index (χ2n) is 5.86. The van der Waals surface area contributed by atoms with Crippen LogP contribution in [0.3, 0.4) is 0 Å². The van der Waals surface area contributed by atoms with Crippen LogP contribution in [0.2, 0.25) is 0 Å². The zero-order valence-corrected chi connectivity index (χ0v) is 13.9. The molecule has 6 heteroatoms. The first kappa shape index (κ1) is 16.8. The minimum absolute atomic E-state index is 0.108. The number of aliphatic hydroxyl groups excluding tert-OH is 1. The third kappa shape index (κ3) is 4.08. The first-order valence-corrected chi connectivity index (χ1v) is 8.74. The molecule has 0 saturated carbocycles. The Balaban J connectivity index is 1.63. The second-order valence-corrected chi connectivity index (χ2v) is 6.64. The lowest BCUT2D eigenvalue weighted by molar-refractivity contribution is 0.221. The molecule has 126 valence electrons. The van der Waals surface area contributed by atoms with Gasteiger partial charge in [-0.2, -0.15) is 11.3 Å². The zero-order chi connectivity index (χ0) is 16.9. The highest BCUT2D eigenvalue weighted by atomic mass is 32.1. The molecule has 0 radical (unpaired) electrons. The van der Waals surface area contributed by atoms with Crippen LogP contribution >= 0.6 is 11.3 Å². The van der Waals surface area contributed by atoms with E-state index in [1.165, 1.54) is 23.8 Å². The van der Waals surface area contributed by atoms with Gasteiger partial charge in [0.1, 0.15) is 5.82 Å². The van der Waals surface area contributed by atoms with E-state index in [0.29, 0.717) is 24.0 Å². The highest BCUT2D eigenvalue weighted by molar-refractivity contribution is 7.07. The van der Waals surface area contributed by atoms with Gasteiger partial charge in [0.15, 0.2) is 5.43 Å². The van der Waals surface area contributed by atoms with Crippen LogP contribution in [0.5, 0.6) is 0 Å². The van der Waals surface area contributed by atoms with Crippen molar-refractivity contribution in [3.63, 3.8) is 0 Å². The molecule has 0 fully saturated rings. The summed E-state index contributed by atoms with van der Waals surface area (Å²) < 4.78 is 13.2. The number of nitrogens with one attached hydrogen (secondary N) is 2. The van der Waals surface area contributed by atoms with Crippen molar-refractivity contribution in [1.82, 2.24) is 10.3 Å². The lowest BCUT2D eigenvalue weighted by atomic mass is 10.0. The second kappa shape index (κ2) is 7.70. The van der Waals surface area contributed by atoms with Gasteiger partial charge in [-0.25, -0.2) is 4.39 Å². The van der Waals surface area contributed by atoms with Gasteiger partial charge in [-0.3, -0.25) is 4.79 Å². The fraction of sp³-hybridized carbons (Fsp3) is 0.278. The summed E-state index contributed by atoms with van der Waals surface area (Å²) in [5.74, 6) is -0.293. The Morgan fingerprint density at radius 1 is 1.29 bits per heavy atom. The summed E-state index contributed by atoms with van der Waals surface area (Å²) in [5, 5.41) is 17.2. The molecule has 0 spiro atoms. The van der Waals surface area contributed by atoms with Gasteiger partial charge in [-0.15, -0.1) is 0 Å². The van der Waals surface area contributed by atoms with Crippen molar-refractivity contribution < 1.29 is 9.50 Å². The van der Waals surface area contributed by atoms with E-state index >= 15 is 0 Å². The molecule has 0 saturated heterocycles. The average molecular weight is 346 g/mol. The molecule has 24 heavy (non-hydrogen) atoms. The molecule has 3 aromatic rings. The van der Waals surface area contributed by atoms with E-state index in [-0.39, 0.29) is 18.0 Å². The number of hydrogen-bond donors (Lipinski definition) is 3. The molecule has 0 bridgehead atoms. The smallest absolute Gasteiger partial charge is 0.189 e. The fourth-order valence-corrected chi connectivity index (χ4v) is 3.41. The molecular weight excluding hydrogens is 327 g/mol. The van der Waals surface area contributed by atoms with Gasteiger partial charge in [-0.05, 0) is 52.9 Å². The van der Waals surface area contributed by atoms with E-state index in [1.807, 2.05) is 5.38 Å². The van der Waals surface area contributed by atoms with Crippen LogP contribution in [0.1, 0.15) is 11.3 Å². The molecular formula is C18H19FN2O2S. The monoisotopic (exact) mass is 346 g/mol. The third-order valence-electron chi connectivity index (χ3n) is 3.96. The van der Waals surface area contributed by atoms with E-state index in [2.05, 4.69) is 21.7 Å². The fourth-order valence-electron chi connectivity index (χ4n) is 2.72. The molecule has 1 aromatic carbocycles. The summed E-state index contributed by atoms with van der Waals surface area (Å²) in [7, 11) is 0. The zero-order valence-electron chi connectivity index (χ0n) is 13.1. The number of halogens is 1. The Kier molecular flexibility index (Phi) is 5.40. The average Bonchev–Trinajstić information content (AvgIpc) is 3.08. The maximum Gasteiger partial charge on any atom is 0.189 e. The maximum absolute atomic E-state index is 13.2. The molecule has 4 nitrogen and oxygen atoms in total. The molecule has 0 unspecified atom stereocenters. The van der Waals surface area contributed by atoms with Crippen LogP contribution in [0, 0.1) is 11.7 Å². The molecule has 0 aliphatic rings. The topological polar surface area (TPSA) is 65.1 Å². The highest BCUT2D eigenvalue weighted by Crippen LogP contribution is 2.13. The van der Waals surface area contributed by atoms with E-state index in [9.17, 15) is 14.3 Å². The van der Waals surface area contributed by atoms with Crippen LogP contribution in [0.15, 0.2) is 45.9 Å². The van der Waals surface area contributed by atoms with Gasteiger partial charge in [0.05, 0.1) is 0 Å². The highest BCUT2D eigenvalue weighted by Gasteiger charge is 2.09. The van der Waals surface area contributed by atoms with Gasteiger partial charge in [0.2, 0.25) is 0 Å². The molecule has 2 heterocycles. The Bertz CT molecular complexity index is 861. The summed E-state index contributed by atoms with van der Waals surface area (Å²) >= 11 is 1.65. The summed E-state index contributed by atoms with van der Waals surface area (Å²) in [6, 6.07) is 7.70. The number of aliphatic hydroxyl groups is 1. The van der Waals surface area contributed by atoms with E-state index in [0.717, 1.165) is 12.1 Å². The number of benzene rings is 1. The van der Waals surface area contributed by atoms with Crippen LogP contribution in [0.25, 0.3) is 10.9 Å². The van der Waals surface area contributed by atoms with Crippen molar-refractivity contribution in [1.29, 1.82) is 0 Å². The van der Waals surface area contributed by atoms with Crippen LogP contribution < -0.4 is 10.7 Å². The number of aromatic nitrogens is 1. The Morgan fingerprint density at radius 3 is 2.92 bits per heavy atom. The van der Waals surface area contributed by atoms with Gasteiger partial charge < -0.3 is 15.4 Å². The summed E-state index contributed by atoms with van der Waals surface area (Å²) in [5.41, 5.74) is 2.39. The summed E-state index contributed by atoms with van der Waals surface area (Å²) in [6.07, 6.45) is 0.820. The van der Waals surface area contributed by atoms with Crippen molar-refractivity contribution in [2.24, 2.45) is 5.92 Å². The van der Waals surface area contributed by atoms with E-state index < -0.39 is 5.82 Å². The van der Waals surface area contributed by atoms with Gasteiger partial charge >= 0.3 is 0 Å². The van der Waals surface area contributed by atoms with Gasteiger partial charge in [0.25, 0.3) is 0 Å². The molecule has 1 atom stereocenters. The Labute approximate surface area is 143 Å². The standard InChI is InChI=1S/C18H19FN2O2S/c19-14-1-2-17-16(6-14)18(23)7-15(21-17)9-20-8-13(10-22)5-12-3-4-24-11-12/h1-4,6-7,11,13,20,22H,5,8-10H2,(H,21,23)/t13-/m1/s1. The van der Waals surface area contributed by atoms with Crippen molar-refractivity contribution in [3.05, 3.63) is 68.4 Å². The lowest BCUT2D eigenvalue weighted by Crippen LogP contribution is -2.27. The van der Waals surface area contributed by atoms with Crippen molar-refractivity contribution >= 4 is 22.2 Å². The third-order valence-corrected chi connectivity index (χ3v) is 4.69. The molecule has 3 rings (SSSR count). The summed E-state index contributed by atoms with van der Waals surface area (Å²) in [4.78, 5) is 15.2. The molecule has 0 aliphatic heterocycles. The van der Waals surface area contributed by atoms with Crippen LogP contribution in [-0.2, 0) is 13.0 Å². The predicted octanol–water partition coefficient (Wildman–Crippen LogP) is 2.67. The minimum atomic E-state index is -0.418. The number of pyridine rings is 1. The SMILES string of the molecule is O=c1cc(CNC[C@H](CO)Cc2ccsc2)[nH]c2ccc(F)cc12. The van der Waals surface area contributed by atoms with Gasteiger partial charge in [0, 0.05) is 42.4 Å². The molecule has 0 aliphatic carbocycles. The molecule has 2 aromatic heterocycles. The molecule has 3 N–H and O–H groups in total. The predicted molar refractivity (Wildman–Crippen MR) is 94.8 cm³/mol. The number of thiophene rings is 1. The summed E-state index contributed by atoms with van der Waals surface area (Å²) in [6.45, 7) is 1.24. The van der Waals surface area contributed by atoms with Crippen molar-refractivity contribution in [2.75, 3.05) is 13.2 Å². The van der Waals surface area contributed by atoms with E-state index in [1.54, 1.807) is 17.4 Å². The number of rotatable bonds is 7. The van der Waals surface area contributed by atoms with Crippen LogP contribution in [-0.4, -0.2) is 23.2 Å². The molecule has 0 amide bonds. The minimum Gasteiger partial charge on any atom is -0.396 e. The van der Waals surface area contributed by atoms with Gasteiger partial charge in [-0.1, -0.05) is 0 Å². The number of H-pyrrole nitrogens is 1. The number of hydrogen-bond acceptors (Lipinski definition) is 4. The Morgan fingerprint density at radius 2 is 2.17 bits per heavy atom. The first-order valence-electron chi connectivity index (χ1n) is 7.80. The quantitative estimate of drug-likeness (QED) is 0.616. The normalized spacial score (nSPS) is 12.6. The van der Waals surface area contributed by atoms with Crippen LogP contribution in [0.4, 0.5) is 4.39 Å². The Hall–Kier alpha value is -2.02. The number of aromatic amines is 1.